The molecule has 5 heteroatoms. The van der Waals surface area contributed by atoms with E-state index in [0.717, 1.165) is 0 Å². The molecule has 1 aromatic heterocycles. The molecule has 3 nitrogen and oxygen atoms in total. The Labute approximate surface area is 101 Å². The van der Waals surface area contributed by atoms with Crippen LogP contribution in [-0.4, -0.2) is 9.97 Å². The number of nitrogens with zero attached hydrogens (tertiary/aromatic N) is 1. The lowest BCUT2D eigenvalue weighted by Crippen LogP contribution is -1.90. The van der Waals surface area contributed by atoms with E-state index < -0.39 is 11.6 Å². The molecular formula is C13H9F2N3. The SMILES string of the molecule is Nc1ccc2nc(-c3c(F)cccc3F)[nH]c2c1. The van der Waals surface area contributed by atoms with Crippen molar-refractivity contribution in [2.24, 2.45) is 0 Å². The van der Waals surface area contributed by atoms with E-state index in [1.54, 1.807) is 18.2 Å². The van der Waals surface area contributed by atoms with E-state index in [9.17, 15) is 8.78 Å². The smallest absolute Gasteiger partial charge is 0.144 e. The molecule has 3 N–H and O–H groups in total. The van der Waals surface area contributed by atoms with E-state index >= 15 is 0 Å². The van der Waals surface area contributed by atoms with Gasteiger partial charge in [-0.1, -0.05) is 6.07 Å². The van der Waals surface area contributed by atoms with E-state index in [-0.39, 0.29) is 11.4 Å². The van der Waals surface area contributed by atoms with E-state index in [4.69, 9.17) is 5.73 Å². The summed E-state index contributed by atoms with van der Waals surface area (Å²) in [7, 11) is 0. The summed E-state index contributed by atoms with van der Waals surface area (Å²) in [5.74, 6) is -1.14. The van der Waals surface area contributed by atoms with E-state index in [1.165, 1.54) is 18.2 Å². The number of rotatable bonds is 1. The molecule has 0 saturated carbocycles. The second-order valence-electron chi connectivity index (χ2n) is 3.96. The Morgan fingerprint density at radius 1 is 1.06 bits per heavy atom. The lowest BCUT2D eigenvalue weighted by Gasteiger charge is -2.00. The minimum absolute atomic E-state index is 0.159. The van der Waals surface area contributed by atoms with Crippen molar-refractivity contribution in [1.29, 1.82) is 0 Å². The number of aromatic amines is 1. The second-order valence-corrected chi connectivity index (χ2v) is 3.96. The van der Waals surface area contributed by atoms with Crippen LogP contribution in [0.1, 0.15) is 0 Å². The topological polar surface area (TPSA) is 54.7 Å². The number of nitrogens with two attached hydrogens (primary N) is 1. The molecule has 0 unspecified atom stereocenters. The minimum Gasteiger partial charge on any atom is -0.399 e. The van der Waals surface area contributed by atoms with Gasteiger partial charge < -0.3 is 10.7 Å². The normalized spacial score (nSPS) is 11.0. The first-order chi connectivity index (χ1) is 8.65. The maximum absolute atomic E-state index is 13.6. The van der Waals surface area contributed by atoms with Crippen molar-refractivity contribution in [3.63, 3.8) is 0 Å². The number of hydrogen-bond acceptors (Lipinski definition) is 2. The number of benzene rings is 2. The number of halogens is 2. The van der Waals surface area contributed by atoms with Gasteiger partial charge in [-0.05, 0) is 30.3 Å². The van der Waals surface area contributed by atoms with Crippen LogP contribution in [0.4, 0.5) is 14.5 Å². The highest BCUT2D eigenvalue weighted by Gasteiger charge is 2.14. The summed E-state index contributed by atoms with van der Waals surface area (Å²) in [6.07, 6.45) is 0. The minimum atomic E-state index is -0.651. The third kappa shape index (κ3) is 1.60. The number of aromatic nitrogens is 2. The van der Waals surface area contributed by atoms with Crippen LogP contribution in [0.2, 0.25) is 0 Å². The standard InChI is InChI=1S/C13H9F2N3/c14-8-2-1-3-9(15)12(8)13-17-10-5-4-7(16)6-11(10)18-13/h1-6H,16H2,(H,17,18). The summed E-state index contributed by atoms with van der Waals surface area (Å²) in [6.45, 7) is 0. The number of anilines is 1. The third-order valence-electron chi connectivity index (χ3n) is 2.71. The molecule has 0 spiro atoms. The van der Waals surface area contributed by atoms with Crippen LogP contribution in [0.3, 0.4) is 0 Å². The highest BCUT2D eigenvalue weighted by molar-refractivity contribution is 5.82. The summed E-state index contributed by atoms with van der Waals surface area (Å²) < 4.78 is 27.2. The zero-order valence-electron chi connectivity index (χ0n) is 9.24. The molecule has 3 aromatic rings. The van der Waals surface area contributed by atoms with Crippen LogP contribution >= 0.6 is 0 Å². The quantitative estimate of drug-likeness (QED) is 0.647. The Kier molecular flexibility index (Phi) is 2.26. The molecule has 0 atom stereocenters. The Balaban J connectivity index is 2.26. The molecule has 18 heavy (non-hydrogen) atoms. The van der Waals surface area contributed by atoms with Gasteiger partial charge in [-0.15, -0.1) is 0 Å². The van der Waals surface area contributed by atoms with Crippen LogP contribution in [0, 0.1) is 11.6 Å². The van der Waals surface area contributed by atoms with E-state index in [0.29, 0.717) is 16.7 Å². The predicted octanol–water partition coefficient (Wildman–Crippen LogP) is 3.09. The Hall–Kier alpha value is -2.43. The molecule has 0 fully saturated rings. The van der Waals surface area contributed by atoms with Gasteiger partial charge in [0.1, 0.15) is 17.5 Å². The van der Waals surface area contributed by atoms with Gasteiger partial charge in [0.25, 0.3) is 0 Å². The molecule has 0 aliphatic heterocycles. The third-order valence-corrected chi connectivity index (χ3v) is 2.71. The molecule has 0 radical (unpaired) electrons. The zero-order chi connectivity index (χ0) is 12.7. The maximum Gasteiger partial charge on any atom is 0.144 e. The van der Waals surface area contributed by atoms with Crippen LogP contribution in [0.25, 0.3) is 22.4 Å². The summed E-state index contributed by atoms with van der Waals surface area (Å²) in [6, 6.07) is 8.76. The molecule has 0 aliphatic rings. The molecule has 0 saturated heterocycles. The Morgan fingerprint density at radius 3 is 2.50 bits per heavy atom. The molecule has 90 valence electrons. The fourth-order valence-corrected chi connectivity index (χ4v) is 1.87. The average molecular weight is 245 g/mol. The fourth-order valence-electron chi connectivity index (χ4n) is 1.87. The van der Waals surface area contributed by atoms with Crippen molar-refractivity contribution in [3.8, 4) is 11.4 Å². The van der Waals surface area contributed by atoms with Gasteiger partial charge in [-0.25, -0.2) is 13.8 Å². The van der Waals surface area contributed by atoms with Gasteiger partial charge in [0, 0.05) is 5.69 Å². The van der Waals surface area contributed by atoms with Crippen molar-refractivity contribution in [1.82, 2.24) is 9.97 Å². The lowest BCUT2D eigenvalue weighted by atomic mass is 10.2. The van der Waals surface area contributed by atoms with Crippen molar-refractivity contribution in [2.75, 3.05) is 5.73 Å². The number of hydrogen-bond donors (Lipinski definition) is 2. The van der Waals surface area contributed by atoms with Crippen molar-refractivity contribution >= 4 is 16.7 Å². The fraction of sp³-hybridized carbons (Fsp3) is 0. The van der Waals surface area contributed by atoms with Gasteiger partial charge in [0.05, 0.1) is 16.6 Å². The summed E-state index contributed by atoms with van der Waals surface area (Å²) in [5.41, 5.74) is 7.30. The molecule has 0 aliphatic carbocycles. The van der Waals surface area contributed by atoms with E-state index in [2.05, 4.69) is 9.97 Å². The van der Waals surface area contributed by atoms with Crippen molar-refractivity contribution in [2.45, 2.75) is 0 Å². The van der Waals surface area contributed by atoms with Crippen LogP contribution in [0.15, 0.2) is 36.4 Å². The number of imidazole rings is 1. The Bertz CT molecular complexity index is 714. The molecular weight excluding hydrogens is 236 g/mol. The monoisotopic (exact) mass is 245 g/mol. The first-order valence-corrected chi connectivity index (χ1v) is 5.35. The predicted molar refractivity (Wildman–Crippen MR) is 65.9 cm³/mol. The van der Waals surface area contributed by atoms with Gasteiger partial charge in [-0.2, -0.15) is 0 Å². The van der Waals surface area contributed by atoms with E-state index in [1.807, 2.05) is 0 Å². The molecule has 0 bridgehead atoms. The van der Waals surface area contributed by atoms with Crippen LogP contribution in [-0.2, 0) is 0 Å². The largest absolute Gasteiger partial charge is 0.399 e. The van der Waals surface area contributed by atoms with Crippen LogP contribution < -0.4 is 5.73 Å². The first-order valence-electron chi connectivity index (χ1n) is 5.35. The first kappa shape index (κ1) is 10.7. The molecule has 1 heterocycles. The molecule has 3 rings (SSSR count). The van der Waals surface area contributed by atoms with Gasteiger partial charge in [0.2, 0.25) is 0 Å². The maximum atomic E-state index is 13.6. The number of fused-ring (bicyclic) bond motifs is 1. The van der Waals surface area contributed by atoms with Crippen LogP contribution in [0.5, 0.6) is 0 Å². The summed E-state index contributed by atoms with van der Waals surface area (Å²) in [5, 5.41) is 0. The highest BCUT2D eigenvalue weighted by Crippen LogP contribution is 2.26. The molecule has 2 aromatic carbocycles. The molecule has 0 amide bonds. The van der Waals surface area contributed by atoms with Crippen molar-refractivity contribution in [3.05, 3.63) is 48.0 Å². The summed E-state index contributed by atoms with van der Waals surface area (Å²) in [4.78, 5) is 7.02. The second kappa shape index (κ2) is 3.80. The number of nitrogen functional groups attached to an aromatic ring is 1. The van der Waals surface area contributed by atoms with Gasteiger partial charge in [-0.3, -0.25) is 0 Å². The average Bonchev–Trinajstić information content (AvgIpc) is 2.71. The van der Waals surface area contributed by atoms with Crippen molar-refractivity contribution < 1.29 is 8.78 Å². The summed E-state index contributed by atoms with van der Waals surface area (Å²) >= 11 is 0. The highest BCUT2D eigenvalue weighted by atomic mass is 19.1. The number of nitrogens with one attached hydrogen (secondary N) is 1. The lowest BCUT2D eigenvalue weighted by molar-refractivity contribution is 0.588. The zero-order valence-corrected chi connectivity index (χ0v) is 9.24. The van der Waals surface area contributed by atoms with Gasteiger partial charge in [0.15, 0.2) is 0 Å². The Morgan fingerprint density at radius 2 is 1.78 bits per heavy atom. The van der Waals surface area contributed by atoms with Gasteiger partial charge >= 0.3 is 0 Å². The number of H-pyrrole nitrogens is 1.